The third-order valence-corrected chi connectivity index (χ3v) is 4.85. The largest absolute Gasteiger partial charge is 0.446 e. The van der Waals surface area contributed by atoms with Gasteiger partial charge in [0.2, 0.25) is 17.9 Å². The van der Waals surface area contributed by atoms with E-state index in [1.807, 2.05) is 32.9 Å². The number of aromatic nitrogens is 2. The second-order valence-electron chi connectivity index (χ2n) is 6.86. The van der Waals surface area contributed by atoms with Crippen LogP contribution in [0.4, 0.5) is 0 Å². The van der Waals surface area contributed by atoms with Crippen LogP contribution < -0.4 is 10.1 Å². The number of ketones is 1. The van der Waals surface area contributed by atoms with Crippen molar-refractivity contribution in [1.29, 1.82) is 0 Å². The SMILES string of the molecule is Cc1cc(OC(NC(=O)c2ccccc2)C(=O)c2ccccc2)nc(SC(C)C)n1. The highest BCUT2D eigenvalue weighted by molar-refractivity contribution is 7.99. The van der Waals surface area contributed by atoms with E-state index >= 15 is 0 Å². The van der Waals surface area contributed by atoms with Gasteiger partial charge in [-0.05, 0) is 19.1 Å². The number of Topliss-reactive ketones (excluding diaryl/α,β-unsaturated/α-hetero) is 1. The topological polar surface area (TPSA) is 81.2 Å². The molecule has 0 aliphatic rings. The van der Waals surface area contributed by atoms with Crippen molar-refractivity contribution in [2.45, 2.75) is 37.4 Å². The molecule has 0 bridgehead atoms. The maximum Gasteiger partial charge on any atom is 0.254 e. The van der Waals surface area contributed by atoms with Gasteiger partial charge in [-0.25, -0.2) is 4.98 Å². The van der Waals surface area contributed by atoms with Crippen LogP contribution in [0.3, 0.4) is 0 Å². The summed E-state index contributed by atoms with van der Waals surface area (Å²) in [5.74, 6) is -0.546. The predicted octanol–water partition coefficient (Wildman–Crippen LogP) is 4.30. The quantitative estimate of drug-likeness (QED) is 0.253. The van der Waals surface area contributed by atoms with E-state index in [9.17, 15) is 9.59 Å². The molecule has 1 heterocycles. The van der Waals surface area contributed by atoms with Crippen LogP contribution >= 0.6 is 11.8 Å². The number of rotatable bonds is 8. The first-order valence-electron chi connectivity index (χ1n) is 9.56. The maximum absolute atomic E-state index is 13.1. The Balaban J connectivity index is 1.88. The number of ether oxygens (including phenoxy) is 1. The number of thioether (sulfide) groups is 1. The summed E-state index contributed by atoms with van der Waals surface area (Å²) in [6, 6.07) is 19.0. The number of carbonyl (C=O) groups is 2. The molecule has 0 radical (unpaired) electrons. The minimum atomic E-state index is -1.23. The lowest BCUT2D eigenvalue weighted by Gasteiger charge is -2.19. The highest BCUT2D eigenvalue weighted by Gasteiger charge is 2.25. The van der Waals surface area contributed by atoms with Gasteiger partial charge in [0.25, 0.3) is 5.91 Å². The van der Waals surface area contributed by atoms with Gasteiger partial charge in [-0.2, -0.15) is 4.98 Å². The van der Waals surface area contributed by atoms with Crippen LogP contribution in [0.15, 0.2) is 71.9 Å². The second kappa shape index (κ2) is 10.0. The smallest absolute Gasteiger partial charge is 0.254 e. The van der Waals surface area contributed by atoms with Crippen molar-refractivity contribution in [3.8, 4) is 5.88 Å². The highest BCUT2D eigenvalue weighted by Crippen LogP contribution is 2.22. The zero-order valence-electron chi connectivity index (χ0n) is 17.0. The zero-order valence-corrected chi connectivity index (χ0v) is 17.8. The van der Waals surface area contributed by atoms with Gasteiger partial charge in [-0.1, -0.05) is 74.1 Å². The van der Waals surface area contributed by atoms with E-state index < -0.39 is 12.1 Å². The summed E-state index contributed by atoms with van der Waals surface area (Å²) in [6.45, 7) is 5.91. The lowest BCUT2D eigenvalue weighted by atomic mass is 10.1. The lowest BCUT2D eigenvalue weighted by molar-refractivity contribution is 0.0648. The fraction of sp³-hybridized carbons (Fsp3) is 0.217. The summed E-state index contributed by atoms with van der Waals surface area (Å²) in [5.41, 5.74) is 1.57. The lowest BCUT2D eigenvalue weighted by Crippen LogP contribution is -2.45. The fourth-order valence-electron chi connectivity index (χ4n) is 2.65. The van der Waals surface area contributed by atoms with Crippen LogP contribution in [-0.2, 0) is 0 Å². The van der Waals surface area contributed by atoms with Crippen LogP contribution in [0.25, 0.3) is 0 Å². The Morgan fingerprint density at radius 1 is 0.933 bits per heavy atom. The van der Waals surface area contributed by atoms with Gasteiger partial charge < -0.3 is 10.1 Å². The summed E-state index contributed by atoms with van der Waals surface area (Å²) < 4.78 is 5.88. The Hall–Kier alpha value is -3.19. The molecule has 0 saturated heterocycles. The number of hydrogen-bond donors (Lipinski definition) is 1. The molecular weight excluding hydrogens is 398 g/mol. The fourth-order valence-corrected chi connectivity index (χ4v) is 3.41. The summed E-state index contributed by atoms with van der Waals surface area (Å²) in [7, 11) is 0. The molecule has 0 aliphatic heterocycles. The molecule has 2 aromatic carbocycles. The van der Waals surface area contributed by atoms with Crippen molar-refractivity contribution in [3.05, 3.63) is 83.6 Å². The van der Waals surface area contributed by atoms with Crippen LogP contribution in [0.1, 0.15) is 40.3 Å². The number of carbonyl (C=O) groups excluding carboxylic acids is 2. The summed E-state index contributed by atoms with van der Waals surface area (Å²) >= 11 is 1.49. The Bertz CT molecular complexity index is 1010. The molecule has 0 aliphatic carbocycles. The van der Waals surface area contributed by atoms with Gasteiger partial charge >= 0.3 is 0 Å². The Morgan fingerprint density at radius 2 is 1.53 bits per heavy atom. The highest BCUT2D eigenvalue weighted by atomic mass is 32.2. The molecule has 3 rings (SSSR count). The molecule has 1 aromatic heterocycles. The van der Waals surface area contributed by atoms with E-state index in [-0.39, 0.29) is 11.7 Å². The Kier molecular flexibility index (Phi) is 7.19. The first-order valence-corrected chi connectivity index (χ1v) is 10.4. The molecule has 6 nitrogen and oxygen atoms in total. The van der Waals surface area contributed by atoms with Crippen molar-refractivity contribution in [3.63, 3.8) is 0 Å². The molecule has 30 heavy (non-hydrogen) atoms. The first kappa shape index (κ1) is 21.5. The van der Waals surface area contributed by atoms with E-state index in [1.54, 1.807) is 54.6 Å². The minimum absolute atomic E-state index is 0.230. The molecule has 7 heteroatoms. The van der Waals surface area contributed by atoms with Crippen molar-refractivity contribution < 1.29 is 14.3 Å². The normalized spacial score (nSPS) is 11.7. The molecule has 1 atom stereocenters. The molecule has 0 saturated carbocycles. The molecule has 1 N–H and O–H groups in total. The Labute approximate surface area is 180 Å². The number of hydrogen-bond acceptors (Lipinski definition) is 6. The van der Waals surface area contributed by atoms with Gasteiger partial charge in [0.15, 0.2) is 5.16 Å². The van der Waals surface area contributed by atoms with E-state index in [0.29, 0.717) is 27.2 Å². The third-order valence-electron chi connectivity index (χ3n) is 3.98. The van der Waals surface area contributed by atoms with Gasteiger partial charge in [-0.15, -0.1) is 0 Å². The molecular formula is C23H23N3O3S. The number of aryl methyl sites for hydroxylation is 1. The summed E-state index contributed by atoms with van der Waals surface area (Å²) in [6.07, 6.45) is -1.23. The number of nitrogens with zero attached hydrogens (tertiary/aromatic N) is 2. The van der Waals surface area contributed by atoms with E-state index in [4.69, 9.17) is 4.74 Å². The second-order valence-corrected chi connectivity index (χ2v) is 8.41. The summed E-state index contributed by atoms with van der Waals surface area (Å²) in [5, 5.41) is 3.53. The maximum atomic E-state index is 13.1. The van der Waals surface area contributed by atoms with Crippen LogP contribution in [0.5, 0.6) is 5.88 Å². The van der Waals surface area contributed by atoms with Crippen molar-refractivity contribution in [1.82, 2.24) is 15.3 Å². The van der Waals surface area contributed by atoms with Gasteiger partial charge in [0.1, 0.15) is 0 Å². The Morgan fingerprint density at radius 3 is 2.13 bits per heavy atom. The summed E-state index contributed by atoms with van der Waals surface area (Å²) in [4.78, 5) is 34.5. The first-order chi connectivity index (χ1) is 14.4. The van der Waals surface area contributed by atoms with E-state index in [0.717, 1.165) is 0 Å². The van der Waals surface area contributed by atoms with Crippen LogP contribution in [0, 0.1) is 6.92 Å². The molecule has 3 aromatic rings. The monoisotopic (exact) mass is 421 g/mol. The van der Waals surface area contributed by atoms with Crippen molar-refractivity contribution >= 4 is 23.5 Å². The molecule has 0 spiro atoms. The van der Waals surface area contributed by atoms with Crippen molar-refractivity contribution in [2.75, 3.05) is 0 Å². The zero-order chi connectivity index (χ0) is 21.5. The van der Waals surface area contributed by atoms with Crippen molar-refractivity contribution in [2.24, 2.45) is 0 Å². The molecule has 0 fully saturated rings. The van der Waals surface area contributed by atoms with E-state index in [1.165, 1.54) is 11.8 Å². The number of benzene rings is 2. The predicted molar refractivity (Wildman–Crippen MR) is 117 cm³/mol. The van der Waals surface area contributed by atoms with Gasteiger partial charge in [0.05, 0.1) is 0 Å². The standard InChI is InChI=1S/C23H23N3O3S/c1-15(2)30-23-24-16(3)14-19(25-23)29-22(20(27)17-10-6-4-7-11-17)26-21(28)18-12-8-5-9-13-18/h4-15,22H,1-3H3,(H,26,28). The minimum Gasteiger partial charge on any atom is -0.446 e. The average Bonchev–Trinajstić information content (AvgIpc) is 2.73. The molecule has 1 amide bonds. The van der Waals surface area contributed by atoms with Gasteiger partial charge in [0, 0.05) is 28.1 Å². The number of nitrogens with one attached hydrogen (secondary N) is 1. The molecule has 1 unspecified atom stereocenters. The average molecular weight is 422 g/mol. The number of amides is 1. The van der Waals surface area contributed by atoms with E-state index in [2.05, 4.69) is 15.3 Å². The van der Waals surface area contributed by atoms with Crippen LogP contribution in [0.2, 0.25) is 0 Å². The van der Waals surface area contributed by atoms with Gasteiger partial charge in [-0.3, -0.25) is 9.59 Å². The van der Waals surface area contributed by atoms with Crippen LogP contribution in [-0.4, -0.2) is 33.1 Å². The third kappa shape index (κ3) is 5.90. The molecule has 154 valence electrons.